The molecule has 1 fully saturated rings. The minimum absolute atomic E-state index is 0.0394. The van der Waals surface area contributed by atoms with Gasteiger partial charge in [-0.3, -0.25) is 0 Å². The third-order valence-corrected chi connectivity index (χ3v) is 3.55. The van der Waals surface area contributed by atoms with Crippen LogP contribution in [0, 0.1) is 0 Å². The van der Waals surface area contributed by atoms with Crippen LogP contribution < -0.4 is 0 Å². The number of halogens is 1. The van der Waals surface area contributed by atoms with Crippen LogP contribution in [0.2, 0.25) is 0 Å². The summed E-state index contributed by atoms with van der Waals surface area (Å²) in [5, 5.41) is 0. The summed E-state index contributed by atoms with van der Waals surface area (Å²) in [6.45, 7) is 2.69. The number of carbonyl (C=O) groups is 1. The molecular weight excluding hydrogens is 309 g/mol. The van der Waals surface area contributed by atoms with Crippen LogP contribution in [-0.2, 0) is 9.47 Å². The molecular formula is C10H14INO3. The van der Waals surface area contributed by atoms with Gasteiger partial charge in [0.1, 0.15) is 6.10 Å². The molecule has 2 aliphatic rings. The highest BCUT2D eigenvalue weighted by molar-refractivity contribution is 14.1. The number of hydrogen-bond acceptors (Lipinski definition) is 3. The van der Waals surface area contributed by atoms with E-state index < -0.39 is 0 Å². The van der Waals surface area contributed by atoms with E-state index in [1.165, 1.54) is 3.58 Å². The third-order valence-electron chi connectivity index (χ3n) is 2.57. The van der Waals surface area contributed by atoms with Gasteiger partial charge in [0.2, 0.25) is 0 Å². The van der Waals surface area contributed by atoms with Gasteiger partial charge >= 0.3 is 6.09 Å². The van der Waals surface area contributed by atoms with Crippen LogP contribution >= 0.6 is 22.6 Å². The van der Waals surface area contributed by atoms with E-state index in [4.69, 9.17) is 9.47 Å². The van der Waals surface area contributed by atoms with Crippen molar-refractivity contribution in [1.29, 1.82) is 0 Å². The van der Waals surface area contributed by atoms with Crippen LogP contribution in [0.25, 0.3) is 0 Å². The lowest BCUT2D eigenvalue weighted by Crippen LogP contribution is -2.37. The van der Waals surface area contributed by atoms with Gasteiger partial charge in [-0.25, -0.2) is 4.79 Å². The molecule has 0 radical (unpaired) electrons. The Balaban J connectivity index is 1.80. The fourth-order valence-electron chi connectivity index (χ4n) is 1.63. The molecule has 0 aromatic carbocycles. The smallest absolute Gasteiger partial charge is 0.410 e. The van der Waals surface area contributed by atoms with Crippen LogP contribution in [0.4, 0.5) is 4.79 Å². The highest BCUT2D eigenvalue weighted by atomic mass is 127. The van der Waals surface area contributed by atoms with E-state index in [1.807, 2.05) is 0 Å². The van der Waals surface area contributed by atoms with E-state index in [0.717, 1.165) is 19.4 Å². The van der Waals surface area contributed by atoms with Crippen molar-refractivity contribution in [3.63, 3.8) is 0 Å². The van der Waals surface area contributed by atoms with Crippen molar-refractivity contribution in [1.82, 2.24) is 4.90 Å². The van der Waals surface area contributed by atoms with Crippen LogP contribution in [-0.4, -0.2) is 43.4 Å². The monoisotopic (exact) mass is 323 g/mol. The van der Waals surface area contributed by atoms with Gasteiger partial charge in [-0.2, -0.15) is 0 Å². The summed E-state index contributed by atoms with van der Waals surface area (Å²) in [6.07, 6.45) is 3.59. The minimum atomic E-state index is -0.203. The molecule has 4 nitrogen and oxygen atoms in total. The standard InChI is InChI=1S/C10H14INO3/c11-8-1-4-12(5-2-8)10(13)15-9-3-6-14-7-9/h1,9H,2-7H2. The summed E-state index contributed by atoms with van der Waals surface area (Å²) in [7, 11) is 0. The summed E-state index contributed by atoms with van der Waals surface area (Å²) in [5.74, 6) is 0. The van der Waals surface area contributed by atoms with Crippen molar-refractivity contribution < 1.29 is 14.3 Å². The summed E-state index contributed by atoms with van der Waals surface area (Å²) < 4.78 is 11.8. The Kier molecular flexibility index (Phi) is 3.85. The van der Waals surface area contributed by atoms with Crippen molar-refractivity contribution >= 4 is 28.7 Å². The molecule has 0 saturated carbocycles. The predicted octanol–water partition coefficient (Wildman–Crippen LogP) is 1.94. The molecule has 1 unspecified atom stereocenters. The maximum atomic E-state index is 11.7. The van der Waals surface area contributed by atoms with Gasteiger partial charge < -0.3 is 14.4 Å². The maximum Gasteiger partial charge on any atom is 0.410 e. The topological polar surface area (TPSA) is 38.8 Å². The number of nitrogens with zero attached hydrogens (tertiary/aromatic N) is 1. The zero-order valence-electron chi connectivity index (χ0n) is 8.45. The first kappa shape index (κ1) is 11.2. The number of carbonyl (C=O) groups excluding carboxylic acids is 1. The number of amides is 1. The van der Waals surface area contributed by atoms with Gasteiger partial charge in [0.05, 0.1) is 13.2 Å². The minimum Gasteiger partial charge on any atom is -0.444 e. The second kappa shape index (κ2) is 5.16. The van der Waals surface area contributed by atoms with Crippen molar-refractivity contribution in [3.05, 3.63) is 9.66 Å². The molecule has 15 heavy (non-hydrogen) atoms. The number of hydrogen-bond donors (Lipinski definition) is 0. The van der Waals surface area contributed by atoms with Crippen LogP contribution in [0.15, 0.2) is 9.66 Å². The van der Waals surface area contributed by atoms with Gasteiger partial charge in [0.25, 0.3) is 0 Å². The predicted molar refractivity (Wildman–Crippen MR) is 64.0 cm³/mol. The van der Waals surface area contributed by atoms with E-state index in [1.54, 1.807) is 4.90 Å². The second-order valence-electron chi connectivity index (χ2n) is 3.72. The van der Waals surface area contributed by atoms with Crippen molar-refractivity contribution in [2.45, 2.75) is 18.9 Å². The average molecular weight is 323 g/mol. The van der Waals surface area contributed by atoms with Crippen LogP contribution in [0.3, 0.4) is 0 Å². The van der Waals surface area contributed by atoms with Crippen molar-refractivity contribution in [2.75, 3.05) is 26.3 Å². The Hall–Kier alpha value is -0.300. The molecule has 0 bridgehead atoms. The zero-order valence-corrected chi connectivity index (χ0v) is 10.6. The zero-order chi connectivity index (χ0) is 10.7. The van der Waals surface area contributed by atoms with Crippen molar-refractivity contribution in [2.24, 2.45) is 0 Å². The second-order valence-corrected chi connectivity index (χ2v) is 5.10. The summed E-state index contributed by atoms with van der Waals surface area (Å²) in [6, 6.07) is 0. The van der Waals surface area contributed by atoms with Gasteiger partial charge in [-0.1, -0.05) is 6.08 Å². The first-order valence-corrected chi connectivity index (χ1v) is 6.21. The number of ether oxygens (including phenoxy) is 2. The lowest BCUT2D eigenvalue weighted by atomic mass is 10.3. The molecule has 2 aliphatic heterocycles. The Morgan fingerprint density at radius 1 is 1.67 bits per heavy atom. The summed E-state index contributed by atoms with van der Waals surface area (Å²) in [4.78, 5) is 13.4. The average Bonchev–Trinajstić information content (AvgIpc) is 2.71. The molecule has 84 valence electrons. The fourth-order valence-corrected chi connectivity index (χ4v) is 2.07. The molecule has 1 atom stereocenters. The van der Waals surface area contributed by atoms with Crippen molar-refractivity contribution in [3.8, 4) is 0 Å². The fraction of sp³-hybridized carbons (Fsp3) is 0.700. The first-order chi connectivity index (χ1) is 7.25. The number of rotatable bonds is 1. The Morgan fingerprint density at radius 2 is 2.53 bits per heavy atom. The molecule has 0 N–H and O–H groups in total. The van der Waals surface area contributed by atoms with E-state index in [-0.39, 0.29) is 12.2 Å². The van der Waals surface area contributed by atoms with E-state index in [2.05, 4.69) is 28.7 Å². The normalized spacial score (nSPS) is 26.3. The molecule has 0 aromatic rings. The molecule has 1 amide bonds. The van der Waals surface area contributed by atoms with Gasteiger partial charge in [-0.05, 0) is 32.6 Å². The molecule has 1 saturated heterocycles. The van der Waals surface area contributed by atoms with E-state index >= 15 is 0 Å². The van der Waals surface area contributed by atoms with Crippen LogP contribution in [0.1, 0.15) is 12.8 Å². The Bertz CT molecular complexity index is 274. The van der Waals surface area contributed by atoms with E-state index in [0.29, 0.717) is 19.8 Å². The first-order valence-electron chi connectivity index (χ1n) is 5.13. The summed E-state index contributed by atoms with van der Waals surface area (Å²) >= 11 is 2.30. The molecule has 2 rings (SSSR count). The quantitative estimate of drug-likeness (QED) is 0.692. The lowest BCUT2D eigenvalue weighted by Gasteiger charge is -2.25. The highest BCUT2D eigenvalue weighted by Gasteiger charge is 2.24. The Morgan fingerprint density at radius 3 is 3.13 bits per heavy atom. The maximum absolute atomic E-state index is 11.7. The highest BCUT2D eigenvalue weighted by Crippen LogP contribution is 2.18. The van der Waals surface area contributed by atoms with E-state index in [9.17, 15) is 4.79 Å². The van der Waals surface area contributed by atoms with Crippen LogP contribution in [0.5, 0.6) is 0 Å². The van der Waals surface area contributed by atoms with Gasteiger partial charge in [-0.15, -0.1) is 0 Å². The molecule has 0 aromatic heterocycles. The molecule has 0 aliphatic carbocycles. The SMILES string of the molecule is O=C(OC1CCOC1)N1CC=C(I)CC1. The molecule has 0 spiro atoms. The molecule has 5 heteroatoms. The Labute approximate surface area is 103 Å². The third kappa shape index (κ3) is 3.07. The summed E-state index contributed by atoms with van der Waals surface area (Å²) in [5.41, 5.74) is 0. The largest absolute Gasteiger partial charge is 0.444 e. The lowest BCUT2D eigenvalue weighted by molar-refractivity contribution is 0.0566. The van der Waals surface area contributed by atoms with Gasteiger partial charge in [0, 0.05) is 19.5 Å². The van der Waals surface area contributed by atoms with Gasteiger partial charge in [0.15, 0.2) is 0 Å². The molecule has 2 heterocycles.